The number of nitrogens with zero attached hydrogens (tertiary/aromatic N) is 3. The van der Waals surface area contributed by atoms with Gasteiger partial charge in [-0.15, -0.1) is 10.2 Å². The van der Waals surface area contributed by atoms with E-state index in [-0.39, 0.29) is 16.9 Å². The third-order valence-electron chi connectivity index (χ3n) is 2.25. The van der Waals surface area contributed by atoms with E-state index in [2.05, 4.69) is 20.7 Å². The van der Waals surface area contributed by atoms with Crippen LogP contribution in [0.1, 0.15) is 12.6 Å². The maximum Gasteiger partial charge on any atom is 0.240 e. The van der Waals surface area contributed by atoms with E-state index in [0.717, 1.165) is 0 Å². The van der Waals surface area contributed by atoms with E-state index < -0.39 is 5.91 Å². The van der Waals surface area contributed by atoms with Gasteiger partial charge in [-0.25, -0.2) is 0 Å². The molecule has 1 unspecified atom stereocenters. The predicted octanol–water partition coefficient (Wildman–Crippen LogP) is 1.53. The zero-order chi connectivity index (χ0) is 16.1. The number of primary amides is 1. The highest BCUT2D eigenvalue weighted by atomic mass is 32.2. The van der Waals surface area contributed by atoms with Crippen molar-refractivity contribution in [2.45, 2.75) is 27.8 Å². The van der Waals surface area contributed by atoms with Crippen LogP contribution in [0.15, 0.2) is 19.3 Å². The first kappa shape index (κ1) is 16.8. The molecule has 2 aromatic heterocycles. The second-order valence-corrected chi connectivity index (χ2v) is 7.96. The summed E-state index contributed by atoms with van der Waals surface area (Å²) in [7, 11) is 0. The number of hydrogen-bond acceptors (Lipinski definition) is 9. The lowest BCUT2D eigenvalue weighted by molar-refractivity contribution is -0.116. The molecule has 0 aliphatic carbocycles. The van der Waals surface area contributed by atoms with E-state index >= 15 is 0 Å². The van der Waals surface area contributed by atoms with Crippen LogP contribution in [0.3, 0.4) is 0 Å². The Kier molecular flexibility index (Phi) is 5.80. The average molecular weight is 359 g/mol. The van der Waals surface area contributed by atoms with Gasteiger partial charge in [-0.1, -0.05) is 40.0 Å². The van der Waals surface area contributed by atoms with Crippen LogP contribution in [0.2, 0.25) is 0 Å². The van der Waals surface area contributed by atoms with Gasteiger partial charge in [-0.3, -0.25) is 14.9 Å². The molecule has 0 saturated heterocycles. The highest BCUT2D eigenvalue weighted by Gasteiger charge is 2.19. The monoisotopic (exact) mass is 359 g/mol. The molecule has 2 aromatic rings. The molecule has 1 atom stereocenters. The number of anilines is 1. The van der Waals surface area contributed by atoms with Gasteiger partial charge in [0.25, 0.3) is 0 Å². The molecule has 2 amide bonds. The summed E-state index contributed by atoms with van der Waals surface area (Å²) in [5, 5.41) is 13.8. The van der Waals surface area contributed by atoms with E-state index in [0.29, 0.717) is 20.3 Å². The molecule has 11 heteroatoms. The molecule has 0 aliphatic rings. The van der Waals surface area contributed by atoms with Crippen LogP contribution in [-0.2, 0) is 9.59 Å². The Hall–Kier alpha value is -1.59. The Morgan fingerprint density at radius 1 is 1.45 bits per heavy atom. The van der Waals surface area contributed by atoms with Crippen molar-refractivity contribution < 1.29 is 14.1 Å². The third-order valence-corrected chi connectivity index (χ3v) is 5.51. The van der Waals surface area contributed by atoms with Gasteiger partial charge in [0.05, 0.1) is 16.7 Å². The molecule has 118 valence electrons. The van der Waals surface area contributed by atoms with Crippen molar-refractivity contribution in [3.63, 3.8) is 0 Å². The van der Waals surface area contributed by atoms with E-state index in [1.165, 1.54) is 34.9 Å². The normalized spacial score (nSPS) is 12.1. The lowest BCUT2D eigenvalue weighted by atomic mass is 10.4. The number of thioether (sulfide) groups is 2. The number of aromatic nitrogens is 3. The topological polar surface area (TPSA) is 124 Å². The van der Waals surface area contributed by atoms with E-state index in [1.54, 1.807) is 19.9 Å². The number of nitrogens with one attached hydrogen (secondary N) is 1. The molecule has 22 heavy (non-hydrogen) atoms. The van der Waals surface area contributed by atoms with Gasteiger partial charge in [-0.2, -0.15) is 0 Å². The smallest absolute Gasteiger partial charge is 0.240 e. The van der Waals surface area contributed by atoms with Crippen molar-refractivity contribution in [1.29, 1.82) is 0 Å². The Balaban J connectivity index is 1.86. The summed E-state index contributed by atoms with van der Waals surface area (Å²) in [4.78, 5) is 22.7. The van der Waals surface area contributed by atoms with E-state index in [4.69, 9.17) is 10.3 Å². The quantitative estimate of drug-likeness (QED) is 0.713. The van der Waals surface area contributed by atoms with Gasteiger partial charge in [0.1, 0.15) is 0 Å². The largest absolute Gasteiger partial charge is 0.369 e. The summed E-state index contributed by atoms with van der Waals surface area (Å²) in [6, 6.07) is 1.64. The summed E-state index contributed by atoms with van der Waals surface area (Å²) in [5.41, 5.74) is 5.76. The van der Waals surface area contributed by atoms with Gasteiger partial charge in [0.15, 0.2) is 8.68 Å². The number of carbonyl (C=O) groups excluding carboxylic acids is 2. The number of hydrogen-bond donors (Lipinski definition) is 2. The standard InChI is InChI=1S/C11H13N5O3S3/c1-5-3-8(19-16-5)13-9(18)6(2)21-11-15-14-10(22-11)20-4-7(12)17/h3,6H,4H2,1-2H3,(H2,12,17)(H,13,18). The van der Waals surface area contributed by atoms with Crippen LogP contribution in [-0.4, -0.2) is 38.2 Å². The van der Waals surface area contributed by atoms with Crippen LogP contribution < -0.4 is 11.1 Å². The highest BCUT2D eigenvalue weighted by molar-refractivity contribution is 8.04. The van der Waals surface area contributed by atoms with Crippen molar-refractivity contribution in [3.8, 4) is 0 Å². The van der Waals surface area contributed by atoms with Crippen LogP contribution in [0, 0.1) is 6.92 Å². The maximum absolute atomic E-state index is 12.0. The number of nitrogens with two attached hydrogens (primary N) is 1. The van der Waals surface area contributed by atoms with Gasteiger partial charge >= 0.3 is 0 Å². The van der Waals surface area contributed by atoms with E-state index in [1.807, 2.05) is 0 Å². The molecule has 0 bridgehead atoms. The van der Waals surface area contributed by atoms with Gasteiger partial charge < -0.3 is 10.3 Å². The molecule has 0 saturated carbocycles. The maximum atomic E-state index is 12.0. The molecule has 3 N–H and O–H groups in total. The van der Waals surface area contributed by atoms with Gasteiger partial charge in [0, 0.05) is 6.07 Å². The van der Waals surface area contributed by atoms with Crippen molar-refractivity contribution in [2.75, 3.05) is 11.1 Å². The molecule has 0 radical (unpaired) electrons. The minimum absolute atomic E-state index is 0.153. The third kappa shape index (κ3) is 5.00. The minimum atomic E-state index is -0.413. The van der Waals surface area contributed by atoms with Crippen molar-refractivity contribution in [1.82, 2.24) is 15.4 Å². The Bertz CT molecular complexity index is 671. The Labute approximate surface area is 138 Å². The SMILES string of the molecule is Cc1cc(NC(=O)C(C)Sc2nnc(SCC(N)=O)s2)on1. The zero-order valence-electron chi connectivity index (χ0n) is 11.7. The highest BCUT2D eigenvalue weighted by Crippen LogP contribution is 2.31. The first-order valence-corrected chi connectivity index (χ1v) is 8.77. The van der Waals surface area contributed by atoms with Crippen LogP contribution >= 0.6 is 34.9 Å². The fourth-order valence-corrected chi connectivity index (χ4v) is 4.19. The predicted molar refractivity (Wildman–Crippen MR) is 85.0 cm³/mol. The van der Waals surface area contributed by atoms with Gasteiger partial charge in [-0.05, 0) is 13.8 Å². The minimum Gasteiger partial charge on any atom is -0.369 e. The summed E-state index contributed by atoms with van der Waals surface area (Å²) < 4.78 is 6.21. The molecule has 2 rings (SSSR count). The van der Waals surface area contributed by atoms with Crippen LogP contribution in [0.5, 0.6) is 0 Å². The summed E-state index contributed by atoms with van der Waals surface area (Å²) in [6.45, 7) is 3.52. The second kappa shape index (κ2) is 7.61. The van der Waals surface area contributed by atoms with Crippen molar-refractivity contribution >= 4 is 52.6 Å². The van der Waals surface area contributed by atoms with E-state index in [9.17, 15) is 9.59 Å². The summed E-state index contributed by atoms with van der Waals surface area (Å²) in [5.74, 6) is -0.169. The molecule has 2 heterocycles. The molecule has 0 aliphatic heterocycles. The summed E-state index contributed by atoms with van der Waals surface area (Å²) in [6.07, 6.45) is 0. The molecule has 0 spiro atoms. The first-order chi connectivity index (χ1) is 10.4. The fraction of sp³-hybridized carbons (Fsp3) is 0.364. The number of amides is 2. The molecular weight excluding hydrogens is 346 g/mol. The molecular formula is C11H13N5O3S3. The van der Waals surface area contributed by atoms with Crippen molar-refractivity contribution in [3.05, 3.63) is 11.8 Å². The number of carbonyl (C=O) groups is 2. The van der Waals surface area contributed by atoms with Crippen LogP contribution in [0.4, 0.5) is 5.88 Å². The Morgan fingerprint density at radius 2 is 2.18 bits per heavy atom. The average Bonchev–Trinajstić information content (AvgIpc) is 3.05. The van der Waals surface area contributed by atoms with Crippen molar-refractivity contribution in [2.24, 2.45) is 5.73 Å². The number of rotatable bonds is 7. The molecule has 0 aromatic carbocycles. The summed E-state index contributed by atoms with van der Waals surface area (Å²) >= 11 is 3.81. The first-order valence-electron chi connectivity index (χ1n) is 6.09. The zero-order valence-corrected chi connectivity index (χ0v) is 14.2. The lowest BCUT2D eigenvalue weighted by Crippen LogP contribution is -2.22. The van der Waals surface area contributed by atoms with Gasteiger partial charge in [0.2, 0.25) is 17.7 Å². The number of aryl methyl sites for hydroxylation is 1. The fourth-order valence-electron chi connectivity index (χ4n) is 1.29. The second-order valence-electron chi connectivity index (χ2n) is 4.17. The van der Waals surface area contributed by atoms with Crippen LogP contribution in [0.25, 0.3) is 0 Å². The lowest BCUT2D eigenvalue weighted by Gasteiger charge is -2.07. The molecule has 8 nitrogen and oxygen atoms in total. The molecule has 0 fully saturated rings. The Morgan fingerprint density at radius 3 is 2.82 bits per heavy atom.